The van der Waals surface area contributed by atoms with Crippen molar-refractivity contribution in [3.05, 3.63) is 95.6 Å². The summed E-state index contributed by atoms with van der Waals surface area (Å²) in [4.78, 5) is 13.1. The summed E-state index contributed by atoms with van der Waals surface area (Å²) < 4.78 is 28.2. The van der Waals surface area contributed by atoms with Gasteiger partial charge in [0.15, 0.2) is 0 Å². The molecule has 3 aromatic carbocycles. The molecule has 0 saturated heterocycles. The molecule has 33 heavy (non-hydrogen) atoms. The average molecular weight is 465 g/mol. The number of rotatable bonds is 10. The minimum absolute atomic E-state index is 0.161. The van der Waals surface area contributed by atoms with Crippen LogP contribution in [0.1, 0.15) is 30.0 Å². The van der Waals surface area contributed by atoms with Crippen molar-refractivity contribution in [1.29, 1.82) is 0 Å². The molecule has 0 spiro atoms. The van der Waals surface area contributed by atoms with E-state index in [-0.39, 0.29) is 23.3 Å². The van der Waals surface area contributed by atoms with Gasteiger partial charge in [0.1, 0.15) is 6.54 Å². The third-order valence-corrected chi connectivity index (χ3v) is 7.77. The zero-order chi connectivity index (χ0) is 23.8. The zero-order valence-electron chi connectivity index (χ0n) is 19.5. The lowest BCUT2D eigenvalue weighted by molar-refractivity contribution is -0.119. The molecule has 0 radical (unpaired) electrons. The molecule has 0 aliphatic rings. The Hall–Kier alpha value is -3.12. The Balaban J connectivity index is 1.80. The van der Waals surface area contributed by atoms with Crippen LogP contribution in [-0.4, -0.2) is 27.4 Å². The Morgan fingerprint density at radius 3 is 2.18 bits per heavy atom. The molecule has 6 heteroatoms. The molecule has 0 bridgehead atoms. The zero-order valence-corrected chi connectivity index (χ0v) is 20.3. The summed E-state index contributed by atoms with van der Waals surface area (Å²) in [5.74, 6) is -0.0434. The fraction of sp³-hybridized carbons (Fsp3) is 0.296. The SMILES string of the molecule is CCC(CNC(=O)CN(c1cccc(C)c1C)S(=O)(=O)c1ccccc1)Cc1ccccc1. The molecule has 1 amide bonds. The summed E-state index contributed by atoms with van der Waals surface area (Å²) >= 11 is 0. The van der Waals surface area contributed by atoms with Crippen LogP contribution in [0.2, 0.25) is 0 Å². The van der Waals surface area contributed by atoms with Gasteiger partial charge in [0.2, 0.25) is 5.91 Å². The van der Waals surface area contributed by atoms with Gasteiger partial charge in [-0.1, -0.05) is 74.0 Å². The Bertz CT molecular complexity index is 1160. The van der Waals surface area contributed by atoms with Crippen LogP contribution in [0, 0.1) is 19.8 Å². The maximum Gasteiger partial charge on any atom is 0.264 e. The van der Waals surface area contributed by atoms with Gasteiger partial charge in [-0.3, -0.25) is 9.10 Å². The summed E-state index contributed by atoms with van der Waals surface area (Å²) in [6.07, 6.45) is 1.78. The van der Waals surface area contributed by atoms with E-state index in [4.69, 9.17) is 0 Å². The van der Waals surface area contributed by atoms with Crippen molar-refractivity contribution in [2.24, 2.45) is 5.92 Å². The molecule has 0 aromatic heterocycles. The van der Waals surface area contributed by atoms with E-state index in [1.807, 2.05) is 44.2 Å². The van der Waals surface area contributed by atoms with Crippen LogP contribution >= 0.6 is 0 Å². The lowest BCUT2D eigenvalue weighted by Gasteiger charge is -2.26. The second kappa shape index (κ2) is 11.1. The van der Waals surface area contributed by atoms with Crippen molar-refractivity contribution >= 4 is 21.6 Å². The third kappa shape index (κ3) is 6.23. The number of nitrogens with zero attached hydrogens (tertiary/aromatic N) is 1. The summed E-state index contributed by atoms with van der Waals surface area (Å²) in [5, 5.41) is 2.97. The Morgan fingerprint density at radius 1 is 0.909 bits per heavy atom. The molecule has 3 aromatic rings. The van der Waals surface area contributed by atoms with E-state index in [1.54, 1.807) is 36.4 Å². The highest BCUT2D eigenvalue weighted by Gasteiger charge is 2.28. The molecule has 1 unspecified atom stereocenters. The monoisotopic (exact) mass is 464 g/mol. The van der Waals surface area contributed by atoms with Crippen molar-refractivity contribution in [3.63, 3.8) is 0 Å². The van der Waals surface area contributed by atoms with Crippen molar-refractivity contribution in [3.8, 4) is 0 Å². The van der Waals surface area contributed by atoms with E-state index in [9.17, 15) is 13.2 Å². The van der Waals surface area contributed by atoms with Gasteiger partial charge in [0, 0.05) is 6.54 Å². The summed E-state index contributed by atoms with van der Waals surface area (Å²) in [5.41, 5.74) is 3.54. The molecule has 0 heterocycles. The summed E-state index contributed by atoms with van der Waals surface area (Å²) in [7, 11) is -3.91. The van der Waals surface area contributed by atoms with Gasteiger partial charge < -0.3 is 5.32 Å². The van der Waals surface area contributed by atoms with Gasteiger partial charge >= 0.3 is 0 Å². The smallest absolute Gasteiger partial charge is 0.264 e. The normalized spacial score (nSPS) is 12.2. The van der Waals surface area contributed by atoms with Crippen molar-refractivity contribution < 1.29 is 13.2 Å². The third-order valence-electron chi connectivity index (χ3n) is 6.00. The van der Waals surface area contributed by atoms with Gasteiger partial charge in [0.25, 0.3) is 10.0 Å². The van der Waals surface area contributed by atoms with E-state index in [0.717, 1.165) is 24.0 Å². The van der Waals surface area contributed by atoms with Gasteiger partial charge in [0.05, 0.1) is 10.6 Å². The average Bonchev–Trinajstić information content (AvgIpc) is 2.83. The summed E-state index contributed by atoms with van der Waals surface area (Å²) in [6.45, 7) is 6.13. The maximum atomic E-state index is 13.5. The lowest BCUT2D eigenvalue weighted by Crippen LogP contribution is -2.42. The van der Waals surface area contributed by atoms with Gasteiger partial charge in [-0.25, -0.2) is 8.42 Å². The molecule has 174 valence electrons. The number of carbonyl (C=O) groups excluding carboxylic acids is 1. The van der Waals surface area contributed by atoms with Crippen molar-refractivity contribution in [2.45, 2.75) is 38.5 Å². The molecular formula is C27H32N2O3S. The number of nitrogens with one attached hydrogen (secondary N) is 1. The number of amides is 1. The number of hydrogen-bond acceptors (Lipinski definition) is 3. The molecule has 1 atom stereocenters. The standard InChI is InChI=1S/C27H32N2O3S/c1-4-23(18-24-13-7-5-8-14-24)19-28-27(30)20-29(26-17-11-12-21(2)22(26)3)33(31,32)25-15-9-6-10-16-25/h5-17,23H,4,18-20H2,1-3H3,(H,28,30). The predicted octanol–water partition coefficient (Wildman–Crippen LogP) is 4.88. The number of benzene rings is 3. The lowest BCUT2D eigenvalue weighted by atomic mass is 9.97. The largest absolute Gasteiger partial charge is 0.354 e. The first-order chi connectivity index (χ1) is 15.8. The molecule has 0 saturated carbocycles. The first kappa shape index (κ1) is 24.5. The highest BCUT2D eigenvalue weighted by molar-refractivity contribution is 7.92. The van der Waals surface area contributed by atoms with Crippen LogP contribution in [0.4, 0.5) is 5.69 Å². The minimum Gasteiger partial charge on any atom is -0.354 e. The van der Waals surface area contributed by atoms with Crippen LogP contribution in [-0.2, 0) is 21.2 Å². The second-order valence-electron chi connectivity index (χ2n) is 8.31. The fourth-order valence-corrected chi connectivity index (χ4v) is 5.28. The van der Waals surface area contributed by atoms with Crippen LogP contribution in [0.5, 0.6) is 0 Å². The maximum absolute atomic E-state index is 13.5. The van der Waals surface area contributed by atoms with E-state index in [0.29, 0.717) is 12.2 Å². The highest BCUT2D eigenvalue weighted by atomic mass is 32.2. The Kier molecular flexibility index (Phi) is 8.28. The molecule has 5 nitrogen and oxygen atoms in total. The van der Waals surface area contributed by atoms with Gasteiger partial charge in [-0.2, -0.15) is 0 Å². The van der Waals surface area contributed by atoms with E-state index < -0.39 is 10.0 Å². The quantitative estimate of drug-likeness (QED) is 0.465. The van der Waals surface area contributed by atoms with E-state index >= 15 is 0 Å². The van der Waals surface area contributed by atoms with E-state index in [1.165, 1.54) is 9.87 Å². The van der Waals surface area contributed by atoms with Crippen LogP contribution in [0.25, 0.3) is 0 Å². The van der Waals surface area contributed by atoms with Gasteiger partial charge in [-0.05, 0) is 61.1 Å². The predicted molar refractivity (Wildman–Crippen MR) is 134 cm³/mol. The van der Waals surface area contributed by atoms with Crippen LogP contribution in [0.3, 0.4) is 0 Å². The number of sulfonamides is 1. The molecule has 0 aliphatic heterocycles. The number of hydrogen-bond donors (Lipinski definition) is 1. The van der Waals surface area contributed by atoms with Crippen LogP contribution < -0.4 is 9.62 Å². The molecular weight excluding hydrogens is 432 g/mol. The number of anilines is 1. The molecule has 0 aliphatic carbocycles. The Labute approximate surface area is 197 Å². The number of aryl methyl sites for hydroxylation is 1. The topological polar surface area (TPSA) is 66.5 Å². The second-order valence-corrected chi connectivity index (χ2v) is 10.2. The first-order valence-electron chi connectivity index (χ1n) is 11.3. The minimum atomic E-state index is -3.91. The van der Waals surface area contributed by atoms with Crippen molar-refractivity contribution in [1.82, 2.24) is 5.32 Å². The fourth-order valence-electron chi connectivity index (χ4n) is 3.78. The van der Waals surface area contributed by atoms with Gasteiger partial charge in [-0.15, -0.1) is 0 Å². The Morgan fingerprint density at radius 2 is 1.55 bits per heavy atom. The molecule has 3 rings (SSSR count). The first-order valence-corrected chi connectivity index (χ1v) is 12.7. The van der Waals surface area contributed by atoms with Crippen LogP contribution in [0.15, 0.2) is 83.8 Å². The van der Waals surface area contributed by atoms with E-state index in [2.05, 4.69) is 24.4 Å². The highest BCUT2D eigenvalue weighted by Crippen LogP contribution is 2.28. The number of carbonyl (C=O) groups is 1. The van der Waals surface area contributed by atoms with Crippen molar-refractivity contribution in [2.75, 3.05) is 17.4 Å². The molecule has 0 fully saturated rings. The summed E-state index contributed by atoms with van der Waals surface area (Å²) in [6, 6.07) is 23.9. The molecule has 1 N–H and O–H groups in total.